The van der Waals surface area contributed by atoms with E-state index in [4.69, 9.17) is 5.73 Å². The average molecular weight is 195 g/mol. The molecule has 0 aliphatic rings. The highest BCUT2D eigenvalue weighted by Crippen LogP contribution is 2.07. The fourth-order valence-electron chi connectivity index (χ4n) is 1.42. The van der Waals surface area contributed by atoms with Crippen LogP contribution in [0, 0.1) is 5.92 Å². The fourth-order valence-corrected chi connectivity index (χ4v) is 1.42. The van der Waals surface area contributed by atoms with Crippen molar-refractivity contribution >= 4 is 0 Å². The molecule has 0 aliphatic carbocycles. The van der Waals surface area contributed by atoms with Gasteiger partial charge in [0, 0.05) is 31.4 Å². The lowest BCUT2D eigenvalue weighted by atomic mass is 10.0. The van der Waals surface area contributed by atoms with Gasteiger partial charge in [-0.1, -0.05) is 20.8 Å². The summed E-state index contributed by atoms with van der Waals surface area (Å²) in [7, 11) is 0. The third kappa shape index (κ3) is 2.84. The third-order valence-corrected chi connectivity index (χ3v) is 2.54. The zero-order chi connectivity index (χ0) is 10.6. The topological polar surface area (TPSA) is 43.8 Å². The number of hydrogen-bond donors (Lipinski definition) is 1. The zero-order valence-electron chi connectivity index (χ0n) is 9.40. The summed E-state index contributed by atoms with van der Waals surface area (Å²) in [6, 6.07) is 0.216. The highest BCUT2D eigenvalue weighted by Gasteiger charge is 2.11. The molecule has 1 unspecified atom stereocenters. The van der Waals surface area contributed by atoms with Gasteiger partial charge in [0.25, 0.3) is 0 Å². The van der Waals surface area contributed by atoms with E-state index in [9.17, 15) is 0 Å². The second-order valence-electron chi connectivity index (χ2n) is 4.15. The van der Waals surface area contributed by atoms with Crippen molar-refractivity contribution in [2.75, 3.05) is 0 Å². The first-order valence-corrected chi connectivity index (χ1v) is 5.40. The van der Waals surface area contributed by atoms with Gasteiger partial charge in [-0.3, -0.25) is 0 Å². The van der Waals surface area contributed by atoms with Crippen molar-refractivity contribution in [1.29, 1.82) is 0 Å². The first kappa shape index (κ1) is 11.2. The van der Waals surface area contributed by atoms with Gasteiger partial charge in [-0.2, -0.15) is 0 Å². The molecule has 0 saturated heterocycles. The van der Waals surface area contributed by atoms with Crippen LogP contribution in [0.4, 0.5) is 0 Å². The molecule has 1 aromatic heterocycles. The smallest absolute Gasteiger partial charge is 0.110 e. The predicted molar refractivity (Wildman–Crippen MR) is 59.0 cm³/mol. The summed E-state index contributed by atoms with van der Waals surface area (Å²) in [6.07, 6.45) is 5.91. The lowest BCUT2D eigenvalue weighted by Gasteiger charge is -2.15. The second kappa shape index (κ2) is 5.15. The average Bonchev–Trinajstić information content (AvgIpc) is 2.53. The van der Waals surface area contributed by atoms with Crippen LogP contribution in [0.1, 0.15) is 33.0 Å². The van der Waals surface area contributed by atoms with E-state index in [2.05, 4.69) is 30.3 Å². The summed E-state index contributed by atoms with van der Waals surface area (Å²) in [6.45, 7) is 7.52. The van der Waals surface area contributed by atoms with Gasteiger partial charge in [0.1, 0.15) is 5.82 Å². The number of aryl methyl sites for hydroxylation is 1. The van der Waals surface area contributed by atoms with Crippen molar-refractivity contribution in [3.8, 4) is 0 Å². The molecule has 0 aromatic carbocycles. The zero-order valence-corrected chi connectivity index (χ0v) is 9.40. The largest absolute Gasteiger partial charge is 0.335 e. The van der Waals surface area contributed by atoms with E-state index in [1.807, 2.05) is 12.4 Å². The summed E-state index contributed by atoms with van der Waals surface area (Å²) in [4.78, 5) is 4.34. The van der Waals surface area contributed by atoms with E-state index in [1.165, 1.54) is 0 Å². The van der Waals surface area contributed by atoms with E-state index < -0.39 is 0 Å². The van der Waals surface area contributed by atoms with Crippen LogP contribution in [-0.2, 0) is 13.0 Å². The molecule has 3 heteroatoms. The molecule has 0 saturated carbocycles. The lowest BCUT2D eigenvalue weighted by molar-refractivity contribution is 0.470. The molecule has 80 valence electrons. The standard InChI is InChI=1S/C11H21N3/c1-4-6-14-7-5-13-11(14)8-10(12)9(2)3/h5,7,9-10H,4,6,8,12H2,1-3H3. The molecule has 2 N–H and O–H groups in total. The minimum atomic E-state index is 0.216. The van der Waals surface area contributed by atoms with Gasteiger partial charge in [-0.25, -0.2) is 4.98 Å². The molecule has 1 atom stereocenters. The Bertz CT molecular complexity index is 265. The minimum absolute atomic E-state index is 0.216. The van der Waals surface area contributed by atoms with Gasteiger partial charge in [0.15, 0.2) is 0 Å². The molecule has 1 aromatic rings. The number of hydrogen-bond acceptors (Lipinski definition) is 2. The maximum absolute atomic E-state index is 6.02. The van der Waals surface area contributed by atoms with Crippen molar-refractivity contribution in [3.05, 3.63) is 18.2 Å². The first-order chi connectivity index (χ1) is 6.65. The van der Waals surface area contributed by atoms with E-state index >= 15 is 0 Å². The predicted octanol–water partition coefficient (Wildman–Crippen LogP) is 1.82. The molecule has 14 heavy (non-hydrogen) atoms. The minimum Gasteiger partial charge on any atom is -0.335 e. The summed E-state index contributed by atoms with van der Waals surface area (Å²) in [5.74, 6) is 1.63. The molecule has 3 nitrogen and oxygen atoms in total. The van der Waals surface area contributed by atoms with Crippen molar-refractivity contribution in [1.82, 2.24) is 9.55 Å². The highest BCUT2D eigenvalue weighted by atomic mass is 15.1. The maximum atomic E-state index is 6.02. The van der Waals surface area contributed by atoms with Crippen LogP contribution in [0.2, 0.25) is 0 Å². The SMILES string of the molecule is CCCn1ccnc1CC(N)C(C)C. The van der Waals surface area contributed by atoms with Crippen LogP contribution in [0.25, 0.3) is 0 Å². The first-order valence-electron chi connectivity index (χ1n) is 5.40. The Labute approximate surface area is 86.3 Å². The number of nitrogens with zero attached hydrogens (tertiary/aromatic N) is 2. The quantitative estimate of drug-likeness (QED) is 0.779. The molecule has 0 radical (unpaired) electrons. The van der Waals surface area contributed by atoms with Crippen molar-refractivity contribution in [3.63, 3.8) is 0 Å². The van der Waals surface area contributed by atoms with Crippen LogP contribution in [-0.4, -0.2) is 15.6 Å². The van der Waals surface area contributed by atoms with Gasteiger partial charge in [-0.05, 0) is 12.3 Å². The summed E-state index contributed by atoms with van der Waals surface area (Å²) in [5, 5.41) is 0. The number of aromatic nitrogens is 2. The molecule has 0 amide bonds. The van der Waals surface area contributed by atoms with Crippen LogP contribution in [0.15, 0.2) is 12.4 Å². The molecule has 0 aliphatic heterocycles. The number of nitrogens with two attached hydrogens (primary N) is 1. The Morgan fingerprint density at radius 3 is 2.79 bits per heavy atom. The maximum Gasteiger partial charge on any atom is 0.110 e. The molecule has 0 bridgehead atoms. The van der Waals surface area contributed by atoms with Gasteiger partial charge in [0.05, 0.1) is 0 Å². The van der Waals surface area contributed by atoms with Crippen molar-refractivity contribution in [2.45, 2.75) is 46.2 Å². The molecule has 0 fully saturated rings. The monoisotopic (exact) mass is 195 g/mol. The van der Waals surface area contributed by atoms with E-state index in [0.717, 1.165) is 25.2 Å². The molecular weight excluding hydrogens is 174 g/mol. The summed E-state index contributed by atoms with van der Waals surface area (Å²) in [5.41, 5.74) is 6.02. The normalized spacial score (nSPS) is 13.5. The van der Waals surface area contributed by atoms with E-state index in [1.54, 1.807) is 0 Å². The van der Waals surface area contributed by atoms with E-state index in [0.29, 0.717) is 5.92 Å². The number of imidazole rings is 1. The second-order valence-corrected chi connectivity index (χ2v) is 4.15. The Morgan fingerprint density at radius 1 is 1.50 bits per heavy atom. The molecule has 1 rings (SSSR count). The molecule has 1 heterocycles. The third-order valence-electron chi connectivity index (χ3n) is 2.54. The van der Waals surface area contributed by atoms with Gasteiger partial charge >= 0.3 is 0 Å². The highest BCUT2D eigenvalue weighted by molar-refractivity contribution is 4.95. The molecule has 0 spiro atoms. The van der Waals surface area contributed by atoms with Gasteiger partial charge in [0.2, 0.25) is 0 Å². The van der Waals surface area contributed by atoms with Crippen LogP contribution >= 0.6 is 0 Å². The van der Waals surface area contributed by atoms with Crippen LogP contribution in [0.5, 0.6) is 0 Å². The van der Waals surface area contributed by atoms with Crippen molar-refractivity contribution in [2.24, 2.45) is 11.7 Å². The fraction of sp³-hybridized carbons (Fsp3) is 0.727. The van der Waals surface area contributed by atoms with Gasteiger partial charge < -0.3 is 10.3 Å². The van der Waals surface area contributed by atoms with Crippen LogP contribution in [0.3, 0.4) is 0 Å². The summed E-state index contributed by atoms with van der Waals surface area (Å²) < 4.78 is 2.20. The van der Waals surface area contributed by atoms with Crippen molar-refractivity contribution < 1.29 is 0 Å². The van der Waals surface area contributed by atoms with Crippen LogP contribution < -0.4 is 5.73 Å². The van der Waals surface area contributed by atoms with Gasteiger partial charge in [-0.15, -0.1) is 0 Å². The van der Waals surface area contributed by atoms with E-state index in [-0.39, 0.29) is 6.04 Å². The Balaban J connectivity index is 2.61. The Hall–Kier alpha value is -0.830. The molecular formula is C11H21N3. The number of rotatable bonds is 5. The summed E-state index contributed by atoms with van der Waals surface area (Å²) >= 11 is 0. The lowest BCUT2D eigenvalue weighted by Crippen LogP contribution is -2.30. The Morgan fingerprint density at radius 2 is 2.21 bits per heavy atom. The Kier molecular flexibility index (Phi) is 4.14.